The Morgan fingerprint density at radius 3 is 2.59 bits per heavy atom. The highest BCUT2D eigenvalue weighted by Gasteiger charge is 2.37. The van der Waals surface area contributed by atoms with Crippen LogP contribution in [0.1, 0.15) is 16.1 Å². The minimum Gasteiger partial charge on any atom is -0.472 e. The number of amides is 1. The van der Waals surface area contributed by atoms with Crippen LogP contribution in [0.4, 0.5) is 13.2 Å². The molecule has 29 heavy (non-hydrogen) atoms. The number of fused-ring (bicyclic) bond motifs is 1. The van der Waals surface area contributed by atoms with Gasteiger partial charge in [-0.2, -0.15) is 13.2 Å². The van der Waals surface area contributed by atoms with Crippen molar-refractivity contribution in [1.29, 1.82) is 0 Å². The Morgan fingerprint density at radius 1 is 1.28 bits per heavy atom. The van der Waals surface area contributed by atoms with Crippen LogP contribution in [0.2, 0.25) is 0 Å². The maximum atomic E-state index is 13.6. The molecule has 1 saturated heterocycles. The molecule has 12 heteroatoms. The number of sulfonamides is 1. The second kappa shape index (κ2) is 6.59. The average molecular weight is 428 g/mol. The highest BCUT2D eigenvalue weighted by molar-refractivity contribution is 7.88. The molecule has 1 amide bonds. The lowest BCUT2D eigenvalue weighted by molar-refractivity contribution is -0.136. The topological polar surface area (TPSA) is 96.9 Å². The number of rotatable bonds is 4. The van der Waals surface area contributed by atoms with Crippen molar-refractivity contribution in [3.63, 3.8) is 0 Å². The predicted octanol–water partition coefficient (Wildman–Crippen LogP) is 1.99. The lowest BCUT2D eigenvalue weighted by atomic mass is 10.1. The molecule has 1 aliphatic rings. The van der Waals surface area contributed by atoms with E-state index in [1.54, 1.807) is 0 Å². The molecule has 1 N–H and O–H groups in total. The molecule has 0 unspecified atom stereocenters. The smallest absolute Gasteiger partial charge is 0.420 e. The average Bonchev–Trinajstić information content (AvgIpc) is 3.23. The van der Waals surface area contributed by atoms with Crippen LogP contribution in [-0.2, 0) is 16.2 Å². The van der Waals surface area contributed by atoms with Crippen molar-refractivity contribution in [2.75, 3.05) is 19.3 Å². The highest BCUT2D eigenvalue weighted by atomic mass is 32.2. The van der Waals surface area contributed by atoms with Gasteiger partial charge in [0.2, 0.25) is 10.0 Å². The van der Waals surface area contributed by atoms with E-state index in [9.17, 15) is 26.4 Å². The Hall–Kier alpha value is -2.86. The first-order valence-electron chi connectivity index (χ1n) is 8.40. The largest absolute Gasteiger partial charge is 0.472 e. The van der Waals surface area contributed by atoms with Gasteiger partial charge in [0, 0.05) is 36.6 Å². The van der Waals surface area contributed by atoms with E-state index in [1.165, 1.54) is 35.9 Å². The van der Waals surface area contributed by atoms with Crippen LogP contribution in [0.5, 0.6) is 0 Å². The summed E-state index contributed by atoms with van der Waals surface area (Å²) in [5, 5.41) is 0. The van der Waals surface area contributed by atoms with Crippen molar-refractivity contribution < 1.29 is 30.8 Å². The molecule has 154 valence electrons. The van der Waals surface area contributed by atoms with Crippen LogP contribution in [-0.4, -0.2) is 54.0 Å². The number of hydrogen-bond donors (Lipinski definition) is 1. The van der Waals surface area contributed by atoms with Gasteiger partial charge in [0.15, 0.2) is 0 Å². The van der Waals surface area contributed by atoms with Crippen molar-refractivity contribution in [1.82, 2.24) is 19.0 Å². The maximum absolute atomic E-state index is 13.6. The van der Waals surface area contributed by atoms with Gasteiger partial charge in [-0.15, -0.1) is 0 Å². The predicted molar refractivity (Wildman–Crippen MR) is 95.6 cm³/mol. The summed E-state index contributed by atoms with van der Waals surface area (Å²) < 4.78 is 71.6. The molecule has 0 aliphatic carbocycles. The second-order valence-electron chi connectivity index (χ2n) is 6.81. The van der Waals surface area contributed by atoms with E-state index in [1.807, 2.05) is 0 Å². The minimum absolute atomic E-state index is 0.117. The Bertz CT molecular complexity index is 1180. The van der Waals surface area contributed by atoms with Gasteiger partial charge in [0.25, 0.3) is 5.91 Å². The third-order valence-electron chi connectivity index (χ3n) is 4.48. The van der Waals surface area contributed by atoms with E-state index >= 15 is 0 Å². The number of nitrogens with zero attached hydrogens (tertiary/aromatic N) is 3. The molecular weight excluding hydrogens is 413 g/mol. The van der Waals surface area contributed by atoms with Crippen molar-refractivity contribution in [2.24, 2.45) is 0 Å². The first-order valence-corrected chi connectivity index (χ1v) is 10.3. The van der Waals surface area contributed by atoms with E-state index in [2.05, 4.69) is 9.71 Å². The van der Waals surface area contributed by atoms with Crippen molar-refractivity contribution in [2.45, 2.75) is 12.2 Å². The third kappa shape index (κ3) is 3.85. The van der Waals surface area contributed by atoms with Gasteiger partial charge in [0.05, 0.1) is 30.4 Å². The van der Waals surface area contributed by atoms with Gasteiger partial charge in [-0.05, 0) is 12.1 Å². The van der Waals surface area contributed by atoms with E-state index < -0.39 is 33.7 Å². The first kappa shape index (κ1) is 19.5. The van der Waals surface area contributed by atoms with Crippen LogP contribution >= 0.6 is 0 Å². The van der Waals surface area contributed by atoms with Crippen LogP contribution in [0.15, 0.2) is 41.5 Å². The third-order valence-corrected chi connectivity index (χ3v) is 5.24. The first-order chi connectivity index (χ1) is 13.5. The summed E-state index contributed by atoms with van der Waals surface area (Å²) in [5.74, 6) is -0.571. The maximum Gasteiger partial charge on any atom is 0.420 e. The van der Waals surface area contributed by atoms with Gasteiger partial charge in [-0.25, -0.2) is 18.1 Å². The van der Waals surface area contributed by atoms with Crippen LogP contribution < -0.4 is 4.72 Å². The molecule has 0 saturated carbocycles. The number of carbonyl (C=O) groups is 1. The molecule has 0 bridgehead atoms. The van der Waals surface area contributed by atoms with Crippen molar-refractivity contribution in [3.8, 4) is 11.1 Å². The molecule has 3 aromatic heterocycles. The fourth-order valence-corrected chi connectivity index (χ4v) is 3.93. The molecule has 8 nitrogen and oxygen atoms in total. The molecular formula is C17H15F3N4O4S. The molecule has 3 aromatic rings. The van der Waals surface area contributed by atoms with E-state index in [-0.39, 0.29) is 30.0 Å². The SMILES string of the molecule is CS(=O)(=O)NC1CN(C(=O)c2cn3cc(-c4ccoc4)cc(C(F)(F)F)c3n2)C1. The summed E-state index contributed by atoms with van der Waals surface area (Å²) in [5.41, 5.74) is -0.805. The number of nitrogens with one attached hydrogen (secondary N) is 1. The van der Waals surface area contributed by atoms with E-state index in [0.29, 0.717) is 5.56 Å². The molecule has 4 rings (SSSR count). The number of pyridine rings is 1. The normalized spacial score (nSPS) is 15.7. The number of furan rings is 1. The molecule has 0 spiro atoms. The van der Waals surface area contributed by atoms with Gasteiger partial charge in [-0.1, -0.05) is 0 Å². The molecule has 0 atom stereocenters. The van der Waals surface area contributed by atoms with E-state index in [0.717, 1.165) is 16.7 Å². The van der Waals surface area contributed by atoms with E-state index in [4.69, 9.17) is 4.42 Å². The summed E-state index contributed by atoms with van der Waals surface area (Å²) in [6.07, 6.45) is 1.67. The number of imidazole rings is 1. The van der Waals surface area contributed by atoms with Crippen LogP contribution in [0.3, 0.4) is 0 Å². The summed E-state index contributed by atoms with van der Waals surface area (Å²) >= 11 is 0. The summed E-state index contributed by atoms with van der Waals surface area (Å²) in [4.78, 5) is 17.8. The standard InChI is InChI=1S/C17H15F3N4O4S/c1-29(26,27)22-12-6-24(7-12)16(25)14-8-23-5-11(10-2-3-28-9-10)4-13(15(23)21-14)17(18,19)20/h2-5,8-9,12,22H,6-7H2,1H3. The lowest BCUT2D eigenvalue weighted by Crippen LogP contribution is -2.60. The van der Waals surface area contributed by atoms with Crippen LogP contribution in [0.25, 0.3) is 16.8 Å². The van der Waals surface area contributed by atoms with Gasteiger partial charge >= 0.3 is 6.18 Å². The van der Waals surface area contributed by atoms with Gasteiger partial charge < -0.3 is 13.7 Å². The Kier molecular flexibility index (Phi) is 4.42. The zero-order valence-electron chi connectivity index (χ0n) is 15.0. The minimum atomic E-state index is -4.67. The fourth-order valence-electron chi connectivity index (χ4n) is 3.18. The number of halogens is 3. The van der Waals surface area contributed by atoms with Gasteiger partial charge in [0.1, 0.15) is 11.3 Å². The zero-order chi connectivity index (χ0) is 21.0. The van der Waals surface area contributed by atoms with Crippen molar-refractivity contribution in [3.05, 3.63) is 48.3 Å². The molecule has 0 radical (unpaired) electrons. The summed E-state index contributed by atoms with van der Waals surface area (Å²) in [7, 11) is -3.41. The quantitative estimate of drug-likeness (QED) is 0.686. The monoisotopic (exact) mass is 428 g/mol. The Balaban J connectivity index is 1.66. The molecule has 0 aromatic carbocycles. The van der Waals surface area contributed by atoms with Gasteiger partial charge in [-0.3, -0.25) is 4.79 Å². The van der Waals surface area contributed by atoms with Crippen molar-refractivity contribution >= 4 is 21.6 Å². The fraction of sp³-hybridized carbons (Fsp3) is 0.294. The zero-order valence-corrected chi connectivity index (χ0v) is 15.8. The Morgan fingerprint density at radius 2 is 2.00 bits per heavy atom. The number of aromatic nitrogens is 2. The molecule has 4 heterocycles. The summed E-state index contributed by atoms with van der Waals surface area (Å²) in [6, 6.07) is 2.06. The highest BCUT2D eigenvalue weighted by Crippen LogP contribution is 2.35. The molecule has 1 aliphatic heterocycles. The second-order valence-corrected chi connectivity index (χ2v) is 8.59. The Labute approximate surface area is 163 Å². The lowest BCUT2D eigenvalue weighted by Gasteiger charge is -2.38. The number of likely N-dealkylation sites (tertiary alicyclic amines) is 1. The number of hydrogen-bond acceptors (Lipinski definition) is 5. The number of carbonyl (C=O) groups excluding carboxylic acids is 1. The molecule has 1 fully saturated rings. The number of alkyl halides is 3. The summed E-state index contributed by atoms with van der Waals surface area (Å²) in [6.45, 7) is 0.234. The van der Waals surface area contributed by atoms with Crippen LogP contribution in [0, 0.1) is 0 Å².